The topological polar surface area (TPSA) is 93.9 Å². The van der Waals surface area contributed by atoms with Crippen LogP contribution in [0.3, 0.4) is 0 Å². The van der Waals surface area contributed by atoms with Crippen LogP contribution in [-0.4, -0.2) is 56.7 Å². The van der Waals surface area contributed by atoms with Crippen LogP contribution in [0.25, 0.3) is 0 Å². The number of likely N-dealkylation sites (tertiary alicyclic amines) is 1. The van der Waals surface area contributed by atoms with Crippen LogP contribution in [0.1, 0.15) is 19.3 Å². The number of hydrogen-bond donors (Lipinski definition) is 2. The van der Waals surface area contributed by atoms with Crippen LogP contribution in [0, 0.1) is 5.92 Å². The highest BCUT2D eigenvalue weighted by molar-refractivity contribution is 5.80. The molecule has 1 saturated heterocycles. The first kappa shape index (κ1) is 15.9. The number of rotatable bonds is 7. The summed E-state index contributed by atoms with van der Waals surface area (Å²) in [6, 6.07) is 0. The van der Waals surface area contributed by atoms with Gasteiger partial charge in [-0.05, 0) is 19.3 Å². The predicted octanol–water partition coefficient (Wildman–Crippen LogP) is -0.732. The van der Waals surface area contributed by atoms with Crippen molar-refractivity contribution in [3.63, 3.8) is 0 Å². The number of nitrogens with two attached hydrogens (primary N) is 1. The van der Waals surface area contributed by atoms with Crippen LogP contribution >= 0.6 is 0 Å². The summed E-state index contributed by atoms with van der Waals surface area (Å²) in [5.74, 6) is 4.83. The van der Waals surface area contributed by atoms with Crippen molar-refractivity contribution in [1.29, 1.82) is 0 Å². The Morgan fingerprint density at radius 2 is 2.00 bits per heavy atom. The van der Waals surface area contributed by atoms with E-state index in [1.807, 2.05) is 0 Å². The summed E-state index contributed by atoms with van der Waals surface area (Å²) in [6.45, 7) is 2.41. The van der Waals surface area contributed by atoms with E-state index in [2.05, 4.69) is 5.43 Å². The van der Waals surface area contributed by atoms with Crippen LogP contribution in [0.2, 0.25) is 0 Å². The number of piperidine rings is 1. The van der Waals surface area contributed by atoms with Crippen molar-refractivity contribution in [1.82, 2.24) is 10.3 Å². The molecule has 0 spiro atoms. The quantitative estimate of drug-likeness (QED) is 0.276. The number of carbonyl (C=O) groups is 2. The average Bonchev–Trinajstić information content (AvgIpc) is 2.46. The molecule has 0 aromatic rings. The Hall–Kier alpha value is -1.18. The molecule has 1 aliphatic heterocycles. The Morgan fingerprint density at radius 1 is 1.32 bits per heavy atom. The van der Waals surface area contributed by atoms with Crippen molar-refractivity contribution >= 4 is 11.8 Å². The van der Waals surface area contributed by atoms with E-state index in [0.717, 1.165) is 6.42 Å². The fourth-order valence-corrected chi connectivity index (χ4v) is 2.07. The Bertz CT molecular complexity index is 291. The number of carbonyl (C=O) groups excluding carboxylic acids is 2. The lowest BCUT2D eigenvalue weighted by Gasteiger charge is -2.30. The van der Waals surface area contributed by atoms with E-state index in [0.29, 0.717) is 39.1 Å². The molecule has 0 aromatic heterocycles. The summed E-state index contributed by atoms with van der Waals surface area (Å²) in [5, 5.41) is 0. The molecule has 7 heteroatoms. The van der Waals surface area contributed by atoms with Gasteiger partial charge in [0.1, 0.15) is 6.61 Å². The molecule has 0 saturated carbocycles. The third-order valence-corrected chi connectivity index (χ3v) is 3.22. The number of ether oxygens (including phenoxy) is 2. The van der Waals surface area contributed by atoms with E-state index in [4.69, 9.17) is 15.3 Å². The fourth-order valence-electron chi connectivity index (χ4n) is 2.07. The maximum absolute atomic E-state index is 11.8. The predicted molar refractivity (Wildman–Crippen MR) is 68.9 cm³/mol. The molecular formula is C12H23N3O4. The van der Waals surface area contributed by atoms with E-state index >= 15 is 0 Å². The van der Waals surface area contributed by atoms with Crippen molar-refractivity contribution in [3.05, 3.63) is 0 Å². The third-order valence-electron chi connectivity index (χ3n) is 3.22. The zero-order valence-electron chi connectivity index (χ0n) is 11.4. The fraction of sp³-hybridized carbons (Fsp3) is 0.833. The van der Waals surface area contributed by atoms with Gasteiger partial charge in [0.2, 0.25) is 11.8 Å². The Labute approximate surface area is 113 Å². The van der Waals surface area contributed by atoms with E-state index in [9.17, 15) is 9.59 Å². The number of nitrogens with one attached hydrogen (secondary N) is 1. The highest BCUT2D eigenvalue weighted by Gasteiger charge is 2.26. The van der Waals surface area contributed by atoms with E-state index < -0.39 is 0 Å². The maximum atomic E-state index is 11.8. The van der Waals surface area contributed by atoms with Gasteiger partial charge < -0.3 is 14.4 Å². The molecule has 7 nitrogen and oxygen atoms in total. The molecule has 1 fully saturated rings. The second-order valence-electron chi connectivity index (χ2n) is 4.56. The maximum Gasteiger partial charge on any atom is 0.248 e. The van der Waals surface area contributed by atoms with Gasteiger partial charge in [-0.2, -0.15) is 0 Å². The SMILES string of the molecule is COCCCOCC(=O)N1CCC(C(=O)NN)CC1. The summed E-state index contributed by atoms with van der Waals surface area (Å²) in [5.41, 5.74) is 2.15. The molecule has 110 valence electrons. The van der Waals surface area contributed by atoms with Crippen molar-refractivity contribution in [2.45, 2.75) is 19.3 Å². The number of hydrogen-bond acceptors (Lipinski definition) is 5. The number of hydrazine groups is 1. The minimum Gasteiger partial charge on any atom is -0.385 e. The van der Waals surface area contributed by atoms with E-state index in [1.165, 1.54) is 0 Å². The lowest BCUT2D eigenvalue weighted by molar-refractivity contribution is -0.139. The van der Waals surface area contributed by atoms with Gasteiger partial charge in [0, 0.05) is 39.3 Å². The van der Waals surface area contributed by atoms with E-state index in [-0.39, 0.29) is 24.3 Å². The molecule has 0 aromatic carbocycles. The molecule has 19 heavy (non-hydrogen) atoms. The Balaban J connectivity index is 2.16. The number of amides is 2. The van der Waals surface area contributed by atoms with Crippen LogP contribution in [-0.2, 0) is 19.1 Å². The van der Waals surface area contributed by atoms with Crippen LogP contribution in [0.5, 0.6) is 0 Å². The average molecular weight is 273 g/mol. The van der Waals surface area contributed by atoms with Gasteiger partial charge in [0.15, 0.2) is 0 Å². The van der Waals surface area contributed by atoms with Crippen LogP contribution in [0.15, 0.2) is 0 Å². The molecule has 3 N–H and O–H groups in total. The lowest BCUT2D eigenvalue weighted by Crippen LogP contribution is -2.45. The van der Waals surface area contributed by atoms with Crippen molar-refractivity contribution in [3.8, 4) is 0 Å². The first-order valence-corrected chi connectivity index (χ1v) is 6.54. The second kappa shape index (κ2) is 8.84. The summed E-state index contributed by atoms with van der Waals surface area (Å²) >= 11 is 0. The van der Waals surface area contributed by atoms with Crippen LogP contribution in [0.4, 0.5) is 0 Å². The normalized spacial score (nSPS) is 16.4. The number of methoxy groups -OCH3 is 1. The van der Waals surface area contributed by atoms with Gasteiger partial charge in [0.25, 0.3) is 0 Å². The molecule has 1 heterocycles. The molecule has 0 radical (unpaired) electrons. The standard InChI is InChI=1S/C12H23N3O4/c1-18-7-2-8-19-9-11(16)15-5-3-10(4-6-15)12(17)14-13/h10H,2-9,13H2,1H3,(H,14,17). The van der Waals surface area contributed by atoms with Gasteiger partial charge in [-0.1, -0.05) is 0 Å². The zero-order valence-corrected chi connectivity index (χ0v) is 11.4. The van der Waals surface area contributed by atoms with E-state index in [1.54, 1.807) is 12.0 Å². The molecule has 0 atom stereocenters. The smallest absolute Gasteiger partial charge is 0.248 e. The molecule has 1 aliphatic rings. The zero-order chi connectivity index (χ0) is 14.1. The highest BCUT2D eigenvalue weighted by Crippen LogP contribution is 2.17. The van der Waals surface area contributed by atoms with Gasteiger partial charge in [-0.15, -0.1) is 0 Å². The van der Waals surface area contributed by atoms with Gasteiger partial charge >= 0.3 is 0 Å². The molecular weight excluding hydrogens is 250 g/mol. The first-order chi connectivity index (χ1) is 9.19. The summed E-state index contributed by atoms with van der Waals surface area (Å²) in [4.78, 5) is 24.9. The summed E-state index contributed by atoms with van der Waals surface area (Å²) in [6.07, 6.45) is 2.08. The minimum atomic E-state index is -0.150. The van der Waals surface area contributed by atoms with Crippen molar-refractivity contribution in [2.75, 3.05) is 40.0 Å². The molecule has 0 bridgehead atoms. The van der Waals surface area contributed by atoms with Gasteiger partial charge in [-0.3, -0.25) is 15.0 Å². The molecule has 0 aliphatic carbocycles. The minimum absolute atomic E-state index is 0.0241. The molecule has 1 rings (SSSR count). The highest BCUT2D eigenvalue weighted by atomic mass is 16.5. The number of nitrogens with zero attached hydrogens (tertiary/aromatic N) is 1. The van der Waals surface area contributed by atoms with Gasteiger partial charge in [-0.25, -0.2) is 5.84 Å². The largest absolute Gasteiger partial charge is 0.385 e. The third kappa shape index (κ3) is 5.54. The van der Waals surface area contributed by atoms with Crippen molar-refractivity contribution in [2.24, 2.45) is 11.8 Å². The van der Waals surface area contributed by atoms with Crippen LogP contribution < -0.4 is 11.3 Å². The lowest BCUT2D eigenvalue weighted by atomic mass is 9.96. The summed E-state index contributed by atoms with van der Waals surface area (Å²) in [7, 11) is 1.63. The summed E-state index contributed by atoms with van der Waals surface area (Å²) < 4.78 is 10.2. The first-order valence-electron chi connectivity index (χ1n) is 6.54. The van der Waals surface area contributed by atoms with Gasteiger partial charge in [0.05, 0.1) is 0 Å². The molecule has 2 amide bonds. The monoisotopic (exact) mass is 273 g/mol. The second-order valence-corrected chi connectivity index (χ2v) is 4.56. The Kier molecular flexibility index (Phi) is 7.39. The molecule has 0 unspecified atom stereocenters. The van der Waals surface area contributed by atoms with Crippen molar-refractivity contribution < 1.29 is 19.1 Å². The Morgan fingerprint density at radius 3 is 2.58 bits per heavy atom.